The number of hydrogen-bond donors (Lipinski definition) is 0. The van der Waals surface area contributed by atoms with E-state index in [1.807, 2.05) is 0 Å². The van der Waals surface area contributed by atoms with Gasteiger partial charge in [0.2, 0.25) is 0 Å². The fourth-order valence-electron chi connectivity index (χ4n) is 4.85. The Morgan fingerprint density at radius 2 is 1.21 bits per heavy atom. The molecule has 0 unspecified atom stereocenters. The highest BCUT2D eigenvalue weighted by atomic mass is 15.1. The van der Waals surface area contributed by atoms with Crippen molar-refractivity contribution in [2.45, 2.75) is 26.2 Å². The highest BCUT2D eigenvalue weighted by Gasteiger charge is 2.21. The Morgan fingerprint density at radius 1 is 0.576 bits per heavy atom. The average Bonchev–Trinajstić information content (AvgIpc) is 3.17. The van der Waals surface area contributed by atoms with Crippen molar-refractivity contribution in [2.24, 2.45) is 0 Å². The van der Waals surface area contributed by atoms with Crippen LogP contribution in [0.1, 0.15) is 26.5 Å². The zero-order valence-corrected chi connectivity index (χ0v) is 19.1. The molecule has 0 fully saturated rings. The topological polar surface area (TPSA) is 30.7 Å². The summed E-state index contributed by atoms with van der Waals surface area (Å²) in [6, 6.07) is 34.3. The third-order valence-electron chi connectivity index (χ3n) is 6.36. The van der Waals surface area contributed by atoms with E-state index >= 15 is 0 Å². The van der Waals surface area contributed by atoms with E-state index in [4.69, 9.17) is 10.2 Å². The molecule has 2 heterocycles. The summed E-state index contributed by atoms with van der Waals surface area (Å²) in [5.41, 5.74) is 6.53. The number of aromatic nitrogens is 3. The SMILES string of the molecule is CC(C)(C)c1nnc(-c2ccc3c(c2)c2ccccc2n3-c2ccccc2)c2ccccc12. The quantitative estimate of drug-likeness (QED) is 0.283. The molecule has 0 aliphatic rings. The van der Waals surface area contributed by atoms with E-state index in [0.29, 0.717) is 0 Å². The lowest BCUT2D eigenvalue weighted by Gasteiger charge is -2.20. The molecule has 0 aliphatic carbocycles. The van der Waals surface area contributed by atoms with Crippen LogP contribution in [0.2, 0.25) is 0 Å². The van der Waals surface area contributed by atoms with Crippen LogP contribution in [0.4, 0.5) is 0 Å². The predicted octanol–water partition coefficient (Wildman–Crippen LogP) is 7.69. The number of nitrogens with zero attached hydrogens (tertiary/aromatic N) is 3. The summed E-state index contributed by atoms with van der Waals surface area (Å²) in [6.07, 6.45) is 0. The molecular formula is C30H25N3. The Labute approximate surface area is 193 Å². The van der Waals surface area contributed by atoms with Gasteiger partial charge < -0.3 is 4.57 Å². The van der Waals surface area contributed by atoms with Gasteiger partial charge in [-0.3, -0.25) is 0 Å². The molecule has 0 radical (unpaired) electrons. The summed E-state index contributed by atoms with van der Waals surface area (Å²) < 4.78 is 2.33. The summed E-state index contributed by atoms with van der Waals surface area (Å²) in [6.45, 7) is 6.56. The van der Waals surface area contributed by atoms with E-state index in [0.717, 1.165) is 28.0 Å². The van der Waals surface area contributed by atoms with Gasteiger partial charge >= 0.3 is 0 Å². The number of hydrogen-bond acceptors (Lipinski definition) is 2. The summed E-state index contributed by atoms with van der Waals surface area (Å²) in [4.78, 5) is 0. The highest BCUT2D eigenvalue weighted by Crippen LogP contribution is 2.37. The maximum absolute atomic E-state index is 4.74. The van der Waals surface area contributed by atoms with Crippen molar-refractivity contribution in [2.75, 3.05) is 0 Å². The van der Waals surface area contributed by atoms with Crippen molar-refractivity contribution in [3.05, 3.63) is 103 Å². The lowest BCUT2D eigenvalue weighted by atomic mass is 9.88. The second-order valence-electron chi connectivity index (χ2n) is 9.61. The Hall–Kier alpha value is -3.98. The number of benzene rings is 4. The largest absolute Gasteiger partial charge is 0.309 e. The van der Waals surface area contributed by atoms with Gasteiger partial charge in [-0.2, -0.15) is 5.10 Å². The van der Waals surface area contributed by atoms with Gasteiger partial charge in [0.15, 0.2) is 0 Å². The Morgan fingerprint density at radius 3 is 1.97 bits per heavy atom. The molecule has 33 heavy (non-hydrogen) atoms. The van der Waals surface area contributed by atoms with E-state index in [1.165, 1.54) is 27.2 Å². The zero-order valence-electron chi connectivity index (χ0n) is 19.1. The van der Waals surface area contributed by atoms with Gasteiger partial charge in [-0.1, -0.05) is 87.5 Å². The van der Waals surface area contributed by atoms with Gasteiger partial charge in [0, 0.05) is 38.2 Å². The van der Waals surface area contributed by atoms with E-state index in [1.54, 1.807) is 0 Å². The molecule has 0 N–H and O–H groups in total. The van der Waals surface area contributed by atoms with Crippen LogP contribution < -0.4 is 0 Å². The fraction of sp³-hybridized carbons (Fsp3) is 0.133. The van der Waals surface area contributed by atoms with E-state index in [9.17, 15) is 0 Å². The first kappa shape index (κ1) is 19.7. The first-order valence-electron chi connectivity index (χ1n) is 11.4. The van der Waals surface area contributed by atoms with Crippen molar-refractivity contribution in [1.82, 2.24) is 14.8 Å². The number of rotatable bonds is 2. The molecule has 0 atom stereocenters. The molecule has 4 aromatic carbocycles. The van der Waals surface area contributed by atoms with E-state index < -0.39 is 0 Å². The van der Waals surface area contributed by atoms with Crippen molar-refractivity contribution in [1.29, 1.82) is 0 Å². The van der Waals surface area contributed by atoms with Crippen LogP contribution in [0.3, 0.4) is 0 Å². The predicted molar refractivity (Wildman–Crippen MR) is 138 cm³/mol. The van der Waals surface area contributed by atoms with Crippen LogP contribution in [0.5, 0.6) is 0 Å². The lowest BCUT2D eigenvalue weighted by Crippen LogP contribution is -2.15. The van der Waals surface area contributed by atoms with Gasteiger partial charge in [-0.25, -0.2) is 0 Å². The molecule has 0 aliphatic heterocycles. The standard InChI is InChI=1S/C30H25N3/c1-30(2,3)29-24-15-8-7-14-23(24)28(31-32-29)20-17-18-27-25(19-20)22-13-9-10-16-26(22)33(27)21-11-5-4-6-12-21/h4-19H,1-3H3. The summed E-state index contributed by atoms with van der Waals surface area (Å²) in [7, 11) is 0. The van der Waals surface area contributed by atoms with Gasteiger partial charge in [-0.05, 0) is 30.3 Å². The molecule has 160 valence electrons. The van der Waals surface area contributed by atoms with Crippen LogP contribution in [0.15, 0.2) is 97.1 Å². The van der Waals surface area contributed by atoms with Gasteiger partial charge in [0.1, 0.15) is 5.69 Å². The van der Waals surface area contributed by atoms with Gasteiger partial charge in [-0.15, -0.1) is 5.10 Å². The van der Waals surface area contributed by atoms with Crippen molar-refractivity contribution in [3.63, 3.8) is 0 Å². The smallest absolute Gasteiger partial charge is 0.101 e. The summed E-state index contributed by atoms with van der Waals surface area (Å²) >= 11 is 0. The second-order valence-corrected chi connectivity index (χ2v) is 9.61. The first-order chi connectivity index (χ1) is 16.0. The Kier molecular flexibility index (Phi) is 4.34. The van der Waals surface area contributed by atoms with Crippen molar-refractivity contribution >= 4 is 32.6 Å². The molecule has 0 saturated heterocycles. The fourth-order valence-corrected chi connectivity index (χ4v) is 4.85. The van der Waals surface area contributed by atoms with Crippen LogP contribution in [0, 0.1) is 0 Å². The maximum Gasteiger partial charge on any atom is 0.101 e. The third kappa shape index (κ3) is 3.12. The van der Waals surface area contributed by atoms with Crippen LogP contribution in [0.25, 0.3) is 49.5 Å². The summed E-state index contributed by atoms with van der Waals surface area (Å²) in [5.74, 6) is 0. The minimum Gasteiger partial charge on any atom is -0.309 e. The molecule has 2 aromatic heterocycles. The first-order valence-corrected chi connectivity index (χ1v) is 11.4. The molecule has 0 amide bonds. The monoisotopic (exact) mass is 427 g/mol. The molecule has 0 spiro atoms. The Balaban J connectivity index is 1.64. The number of para-hydroxylation sites is 2. The zero-order chi connectivity index (χ0) is 22.6. The van der Waals surface area contributed by atoms with Gasteiger partial charge in [0.05, 0.1) is 16.7 Å². The Bertz CT molecular complexity index is 1640. The molecule has 0 bridgehead atoms. The van der Waals surface area contributed by atoms with Crippen molar-refractivity contribution in [3.8, 4) is 16.9 Å². The van der Waals surface area contributed by atoms with Crippen molar-refractivity contribution < 1.29 is 0 Å². The van der Waals surface area contributed by atoms with Crippen LogP contribution in [-0.2, 0) is 5.41 Å². The van der Waals surface area contributed by atoms with Crippen LogP contribution in [-0.4, -0.2) is 14.8 Å². The van der Waals surface area contributed by atoms with Crippen LogP contribution >= 0.6 is 0 Å². The molecular weight excluding hydrogens is 402 g/mol. The third-order valence-corrected chi connectivity index (χ3v) is 6.36. The molecule has 3 heteroatoms. The minimum absolute atomic E-state index is 0.0712. The number of fused-ring (bicyclic) bond motifs is 4. The molecule has 6 rings (SSSR count). The van der Waals surface area contributed by atoms with Gasteiger partial charge in [0.25, 0.3) is 0 Å². The molecule has 6 aromatic rings. The lowest BCUT2D eigenvalue weighted by molar-refractivity contribution is 0.566. The van der Waals surface area contributed by atoms with E-state index in [-0.39, 0.29) is 5.41 Å². The normalized spacial score (nSPS) is 12.1. The highest BCUT2D eigenvalue weighted by molar-refractivity contribution is 6.11. The molecule has 3 nitrogen and oxygen atoms in total. The maximum atomic E-state index is 4.74. The second kappa shape index (κ2) is 7.28. The van der Waals surface area contributed by atoms with E-state index in [2.05, 4.69) is 122 Å². The average molecular weight is 428 g/mol. The molecule has 0 saturated carbocycles. The minimum atomic E-state index is -0.0712. The summed E-state index contributed by atoms with van der Waals surface area (Å²) in [5, 5.41) is 14.2.